The fourth-order valence-electron chi connectivity index (χ4n) is 2.80. The molecule has 29 heavy (non-hydrogen) atoms. The molecular weight excluding hydrogens is 386 g/mol. The molecular formula is C23H23NO4S. The van der Waals surface area contributed by atoms with Crippen molar-refractivity contribution in [1.29, 1.82) is 0 Å². The Kier molecular flexibility index (Phi) is 6.67. The van der Waals surface area contributed by atoms with E-state index >= 15 is 0 Å². The Morgan fingerprint density at radius 3 is 2.34 bits per heavy atom. The second kappa shape index (κ2) is 9.39. The normalized spacial score (nSPS) is 11.6. The van der Waals surface area contributed by atoms with Gasteiger partial charge >= 0.3 is 5.97 Å². The van der Waals surface area contributed by atoms with Gasteiger partial charge in [-0.1, -0.05) is 42.5 Å². The van der Waals surface area contributed by atoms with Gasteiger partial charge in [0, 0.05) is 4.88 Å². The van der Waals surface area contributed by atoms with Gasteiger partial charge in [-0.05, 0) is 50.1 Å². The fraction of sp³-hybridized carbons (Fsp3) is 0.217. The Bertz CT molecular complexity index is 980. The minimum atomic E-state index is -0.727. The molecule has 0 aliphatic rings. The van der Waals surface area contributed by atoms with E-state index in [-0.39, 0.29) is 12.5 Å². The molecule has 150 valence electrons. The first kappa shape index (κ1) is 20.6. The van der Waals surface area contributed by atoms with Gasteiger partial charge in [0.15, 0.2) is 6.10 Å². The molecule has 0 aliphatic carbocycles. The van der Waals surface area contributed by atoms with Crippen LogP contribution in [0.5, 0.6) is 5.75 Å². The summed E-state index contributed by atoms with van der Waals surface area (Å²) in [5.74, 6) is -0.179. The monoisotopic (exact) mass is 409 g/mol. The lowest BCUT2D eigenvalue weighted by atomic mass is 10.1. The second-order valence-corrected chi connectivity index (χ2v) is 7.72. The van der Waals surface area contributed by atoms with Gasteiger partial charge in [0.25, 0.3) is 5.91 Å². The van der Waals surface area contributed by atoms with E-state index in [4.69, 9.17) is 9.47 Å². The first-order valence-corrected chi connectivity index (χ1v) is 10.2. The number of esters is 1. The molecule has 5 nitrogen and oxygen atoms in total. The van der Waals surface area contributed by atoms with E-state index in [9.17, 15) is 9.59 Å². The van der Waals surface area contributed by atoms with Crippen molar-refractivity contribution < 1.29 is 19.1 Å². The van der Waals surface area contributed by atoms with Crippen molar-refractivity contribution in [3.05, 3.63) is 71.1 Å². The maximum atomic E-state index is 12.6. The number of anilines is 1. The van der Waals surface area contributed by atoms with Gasteiger partial charge in [0.1, 0.15) is 10.8 Å². The molecule has 0 saturated carbocycles. The quantitative estimate of drug-likeness (QED) is 0.538. The zero-order chi connectivity index (χ0) is 20.8. The number of ether oxygens (including phenoxy) is 2. The summed E-state index contributed by atoms with van der Waals surface area (Å²) in [6.45, 7) is 5.57. The Hall–Kier alpha value is -3.12. The van der Waals surface area contributed by atoms with Gasteiger partial charge in [-0.25, -0.2) is 4.79 Å². The summed E-state index contributed by atoms with van der Waals surface area (Å²) < 4.78 is 10.8. The number of hydrogen-bond donors (Lipinski definition) is 1. The number of benzene rings is 2. The molecule has 6 heteroatoms. The van der Waals surface area contributed by atoms with Crippen LogP contribution in [0.1, 0.15) is 29.1 Å². The molecule has 0 aliphatic heterocycles. The van der Waals surface area contributed by atoms with Crippen molar-refractivity contribution >= 4 is 28.2 Å². The Morgan fingerprint density at radius 1 is 1.03 bits per heavy atom. The van der Waals surface area contributed by atoms with Crippen LogP contribution >= 0.6 is 11.3 Å². The largest absolute Gasteiger partial charge is 0.481 e. The summed E-state index contributed by atoms with van der Waals surface area (Å²) in [5, 5.41) is 3.25. The molecule has 1 heterocycles. The predicted octanol–water partition coefficient (Wildman–Crippen LogP) is 5.31. The highest BCUT2D eigenvalue weighted by molar-refractivity contribution is 7.16. The van der Waals surface area contributed by atoms with Crippen molar-refractivity contribution in [2.75, 3.05) is 11.9 Å². The number of hydrogen-bond acceptors (Lipinski definition) is 5. The van der Waals surface area contributed by atoms with Crippen LogP contribution in [-0.2, 0) is 9.53 Å². The standard InChI is InChI=1S/C23H23NO4S/c1-4-27-23(26)20-14-15(2)29-22(20)24-21(25)16(3)28-19-12-10-18(11-13-19)17-8-6-5-7-9-17/h5-14,16H,4H2,1-3H3,(H,24,25). The molecule has 0 saturated heterocycles. The highest BCUT2D eigenvalue weighted by Gasteiger charge is 2.21. The van der Waals surface area contributed by atoms with Crippen LogP contribution in [0.3, 0.4) is 0 Å². The number of thiophene rings is 1. The van der Waals surface area contributed by atoms with E-state index < -0.39 is 12.1 Å². The minimum Gasteiger partial charge on any atom is -0.481 e. The molecule has 0 bridgehead atoms. The van der Waals surface area contributed by atoms with Crippen LogP contribution < -0.4 is 10.1 Å². The molecule has 0 spiro atoms. The lowest BCUT2D eigenvalue weighted by molar-refractivity contribution is -0.122. The SMILES string of the molecule is CCOC(=O)c1cc(C)sc1NC(=O)C(C)Oc1ccc(-c2ccccc2)cc1. The number of carbonyl (C=O) groups is 2. The van der Waals surface area contributed by atoms with E-state index in [0.717, 1.165) is 16.0 Å². The molecule has 1 amide bonds. The second-order valence-electron chi connectivity index (χ2n) is 6.46. The lowest BCUT2D eigenvalue weighted by Crippen LogP contribution is -2.30. The minimum absolute atomic E-state index is 0.277. The lowest BCUT2D eigenvalue weighted by Gasteiger charge is -2.15. The van der Waals surface area contributed by atoms with Crippen molar-refractivity contribution in [2.24, 2.45) is 0 Å². The van der Waals surface area contributed by atoms with Gasteiger partial charge < -0.3 is 14.8 Å². The number of aryl methyl sites for hydroxylation is 1. The summed E-state index contributed by atoms with van der Waals surface area (Å²) in [6, 6.07) is 19.3. The topological polar surface area (TPSA) is 64.6 Å². The van der Waals surface area contributed by atoms with Crippen molar-refractivity contribution in [3.8, 4) is 16.9 Å². The van der Waals surface area contributed by atoms with Crippen LogP contribution in [0.15, 0.2) is 60.7 Å². The fourth-order valence-corrected chi connectivity index (χ4v) is 3.70. The van der Waals surface area contributed by atoms with Crippen LogP contribution in [0.2, 0.25) is 0 Å². The molecule has 3 aromatic rings. The van der Waals surface area contributed by atoms with E-state index in [0.29, 0.717) is 16.3 Å². The number of carbonyl (C=O) groups excluding carboxylic acids is 2. The van der Waals surface area contributed by atoms with E-state index in [1.807, 2.05) is 61.5 Å². The van der Waals surface area contributed by atoms with Crippen molar-refractivity contribution in [1.82, 2.24) is 0 Å². The van der Waals surface area contributed by atoms with Crippen molar-refractivity contribution in [2.45, 2.75) is 26.9 Å². The van der Waals surface area contributed by atoms with Crippen LogP contribution in [0.25, 0.3) is 11.1 Å². The molecule has 0 fully saturated rings. The van der Waals surface area contributed by atoms with Gasteiger partial charge in [0.05, 0.1) is 12.2 Å². The zero-order valence-electron chi connectivity index (χ0n) is 16.6. The number of amides is 1. The van der Waals surface area contributed by atoms with Crippen molar-refractivity contribution in [3.63, 3.8) is 0 Å². The molecule has 1 unspecified atom stereocenters. The summed E-state index contributed by atoms with van der Waals surface area (Å²) in [7, 11) is 0. The third-order valence-electron chi connectivity index (χ3n) is 4.23. The van der Waals surface area contributed by atoms with Gasteiger partial charge in [-0.15, -0.1) is 11.3 Å². The van der Waals surface area contributed by atoms with Crippen LogP contribution in [-0.4, -0.2) is 24.6 Å². The summed E-state index contributed by atoms with van der Waals surface area (Å²) in [6.07, 6.45) is -0.727. The Labute approximate surface area is 174 Å². The predicted molar refractivity (Wildman–Crippen MR) is 116 cm³/mol. The average Bonchev–Trinajstić information content (AvgIpc) is 3.09. The Morgan fingerprint density at radius 2 is 1.69 bits per heavy atom. The average molecular weight is 410 g/mol. The summed E-state index contributed by atoms with van der Waals surface area (Å²) >= 11 is 1.33. The highest BCUT2D eigenvalue weighted by Crippen LogP contribution is 2.29. The maximum Gasteiger partial charge on any atom is 0.341 e. The van der Waals surface area contributed by atoms with Gasteiger partial charge in [0.2, 0.25) is 0 Å². The van der Waals surface area contributed by atoms with E-state index in [2.05, 4.69) is 5.32 Å². The van der Waals surface area contributed by atoms with E-state index in [1.165, 1.54) is 11.3 Å². The maximum absolute atomic E-state index is 12.6. The smallest absolute Gasteiger partial charge is 0.341 e. The molecule has 0 radical (unpaired) electrons. The number of rotatable bonds is 7. The van der Waals surface area contributed by atoms with Crippen LogP contribution in [0.4, 0.5) is 5.00 Å². The van der Waals surface area contributed by atoms with Crippen LogP contribution in [0, 0.1) is 6.92 Å². The van der Waals surface area contributed by atoms with Gasteiger partial charge in [-0.3, -0.25) is 4.79 Å². The number of nitrogens with one attached hydrogen (secondary N) is 1. The third-order valence-corrected chi connectivity index (χ3v) is 5.20. The molecule has 3 rings (SSSR count). The summed E-state index contributed by atoms with van der Waals surface area (Å²) in [5.41, 5.74) is 2.55. The van der Waals surface area contributed by atoms with Gasteiger partial charge in [-0.2, -0.15) is 0 Å². The highest BCUT2D eigenvalue weighted by atomic mass is 32.1. The summed E-state index contributed by atoms with van der Waals surface area (Å²) in [4.78, 5) is 25.5. The molecule has 1 N–H and O–H groups in total. The molecule has 1 atom stereocenters. The first-order chi connectivity index (χ1) is 14.0. The molecule has 1 aromatic heterocycles. The zero-order valence-corrected chi connectivity index (χ0v) is 17.4. The Balaban J connectivity index is 1.65. The first-order valence-electron chi connectivity index (χ1n) is 9.38. The third kappa shape index (κ3) is 5.23. The molecule has 2 aromatic carbocycles. The van der Waals surface area contributed by atoms with E-state index in [1.54, 1.807) is 19.9 Å².